The quantitative estimate of drug-likeness (QED) is 0.184. The topological polar surface area (TPSA) is 30.7 Å². The molecule has 0 atom stereocenters. The van der Waals surface area contributed by atoms with E-state index >= 15 is 0 Å². The van der Waals surface area contributed by atoms with Crippen molar-refractivity contribution in [1.29, 1.82) is 0 Å². The molecule has 0 spiro atoms. The average molecular weight is 662 g/mol. The van der Waals surface area contributed by atoms with Gasteiger partial charge in [-0.3, -0.25) is 0 Å². The Morgan fingerprint density at radius 1 is 0.429 bits per heavy atom. The van der Waals surface area contributed by atoms with Crippen LogP contribution < -0.4 is 0 Å². The maximum Gasteiger partial charge on any atom is 0.160 e. The lowest BCUT2D eigenvalue weighted by Crippen LogP contribution is -1.95. The Labute approximate surface area is 291 Å². The third-order valence-corrected chi connectivity index (χ3v) is 11.8. The maximum absolute atomic E-state index is 5.03. The van der Waals surface area contributed by atoms with Gasteiger partial charge >= 0.3 is 0 Å². The molecule has 0 aliphatic heterocycles. The molecule has 0 bridgehead atoms. The zero-order valence-corrected chi connectivity index (χ0v) is 27.9. The second-order valence-corrected chi connectivity index (χ2v) is 14.3. The number of hydrogen-bond acceptors (Lipinski definition) is 4. The van der Waals surface area contributed by atoms with Crippen LogP contribution >= 0.6 is 22.7 Å². The fourth-order valence-corrected chi connectivity index (χ4v) is 9.68. The highest BCUT2D eigenvalue weighted by Crippen LogP contribution is 2.49. The number of aromatic nitrogens is 3. The molecule has 5 heteroatoms. The van der Waals surface area contributed by atoms with Gasteiger partial charge in [0.1, 0.15) is 4.83 Å². The molecule has 3 nitrogen and oxygen atoms in total. The van der Waals surface area contributed by atoms with Crippen molar-refractivity contribution in [2.45, 2.75) is 0 Å². The van der Waals surface area contributed by atoms with Crippen molar-refractivity contribution in [3.63, 3.8) is 0 Å². The number of rotatable bonds is 5. The lowest BCUT2D eigenvalue weighted by molar-refractivity contribution is 1.18. The van der Waals surface area contributed by atoms with Gasteiger partial charge < -0.3 is 4.57 Å². The molecule has 49 heavy (non-hydrogen) atoms. The molecule has 0 radical (unpaired) electrons. The third-order valence-electron chi connectivity index (χ3n) is 9.26. The molecule has 0 N–H and O–H groups in total. The Kier molecular flexibility index (Phi) is 6.54. The van der Waals surface area contributed by atoms with Gasteiger partial charge in [0, 0.05) is 43.2 Å². The van der Waals surface area contributed by atoms with Crippen molar-refractivity contribution in [1.82, 2.24) is 14.5 Å². The molecule has 10 rings (SSSR count). The number of hydrogen-bond donors (Lipinski definition) is 0. The van der Waals surface area contributed by atoms with Gasteiger partial charge in [-0.05, 0) is 47.5 Å². The number of thiophene rings is 2. The van der Waals surface area contributed by atoms with Gasteiger partial charge in [0.2, 0.25) is 0 Å². The van der Waals surface area contributed by atoms with Crippen LogP contribution in [0.4, 0.5) is 0 Å². The van der Waals surface area contributed by atoms with Crippen LogP contribution in [-0.2, 0) is 0 Å². The molecule has 10 aromatic rings. The van der Waals surface area contributed by atoms with E-state index in [0.717, 1.165) is 33.9 Å². The highest BCUT2D eigenvalue weighted by Gasteiger charge is 2.21. The minimum atomic E-state index is 0.720. The lowest BCUT2D eigenvalue weighted by Gasteiger charge is -2.10. The Bertz CT molecular complexity index is 2740. The van der Waals surface area contributed by atoms with E-state index in [1.54, 1.807) is 0 Å². The van der Waals surface area contributed by atoms with E-state index in [4.69, 9.17) is 9.97 Å². The lowest BCUT2D eigenvalue weighted by atomic mass is 10.0. The molecule has 0 fully saturated rings. The normalized spacial score (nSPS) is 11.7. The van der Waals surface area contributed by atoms with E-state index in [9.17, 15) is 0 Å². The fraction of sp³-hybridized carbons (Fsp3) is 0. The summed E-state index contributed by atoms with van der Waals surface area (Å²) in [4.78, 5) is 11.4. The summed E-state index contributed by atoms with van der Waals surface area (Å²) >= 11 is 3.81. The Morgan fingerprint density at radius 3 is 1.71 bits per heavy atom. The van der Waals surface area contributed by atoms with E-state index in [1.807, 2.05) is 59.1 Å². The molecule has 0 unspecified atom stereocenters. The van der Waals surface area contributed by atoms with Gasteiger partial charge in [-0.2, -0.15) is 0 Å². The second-order valence-electron chi connectivity index (χ2n) is 12.2. The summed E-state index contributed by atoms with van der Waals surface area (Å²) in [6.07, 6.45) is 0. The molecule has 0 aliphatic carbocycles. The highest BCUT2D eigenvalue weighted by molar-refractivity contribution is 7.36. The van der Waals surface area contributed by atoms with Crippen LogP contribution in [0.2, 0.25) is 0 Å². The minimum absolute atomic E-state index is 0.720. The van der Waals surface area contributed by atoms with Crippen LogP contribution in [0.25, 0.3) is 91.3 Å². The summed E-state index contributed by atoms with van der Waals surface area (Å²) in [6, 6.07) is 57.9. The van der Waals surface area contributed by atoms with Crippen molar-refractivity contribution >= 4 is 63.3 Å². The Morgan fingerprint density at radius 2 is 1.02 bits per heavy atom. The molecule has 0 saturated heterocycles. The third kappa shape index (κ3) is 4.70. The molecular formula is C44H27N3S2. The number of nitrogens with zero attached hydrogens (tertiary/aromatic N) is 3. The van der Waals surface area contributed by atoms with Crippen LogP contribution in [0.3, 0.4) is 0 Å². The first-order valence-corrected chi connectivity index (χ1v) is 18.0. The number of benzene rings is 6. The highest BCUT2D eigenvalue weighted by atomic mass is 32.1. The van der Waals surface area contributed by atoms with Crippen molar-refractivity contribution in [3.8, 4) is 50.7 Å². The zero-order valence-electron chi connectivity index (χ0n) is 26.2. The van der Waals surface area contributed by atoms with Gasteiger partial charge in [0.05, 0.1) is 26.3 Å². The maximum atomic E-state index is 5.03. The van der Waals surface area contributed by atoms with Gasteiger partial charge in [0.15, 0.2) is 5.82 Å². The molecule has 0 saturated carbocycles. The minimum Gasteiger partial charge on any atom is -0.301 e. The average Bonchev–Trinajstić information content (AvgIpc) is 3.82. The van der Waals surface area contributed by atoms with Gasteiger partial charge in [-0.15, -0.1) is 22.7 Å². The molecule has 6 aromatic carbocycles. The molecule has 0 amide bonds. The summed E-state index contributed by atoms with van der Waals surface area (Å²) in [7, 11) is 0. The van der Waals surface area contributed by atoms with Crippen LogP contribution in [0.5, 0.6) is 0 Å². The summed E-state index contributed by atoms with van der Waals surface area (Å²) in [6.45, 7) is 0. The van der Waals surface area contributed by atoms with E-state index in [1.165, 1.54) is 57.4 Å². The molecule has 4 heterocycles. The van der Waals surface area contributed by atoms with E-state index < -0.39 is 0 Å². The van der Waals surface area contributed by atoms with E-state index in [2.05, 4.69) is 132 Å². The van der Waals surface area contributed by atoms with Crippen LogP contribution in [0.15, 0.2) is 164 Å². The fourth-order valence-electron chi connectivity index (χ4n) is 6.88. The number of para-hydroxylation sites is 2. The predicted octanol–water partition coefficient (Wildman–Crippen LogP) is 12.7. The zero-order chi connectivity index (χ0) is 32.3. The van der Waals surface area contributed by atoms with Crippen molar-refractivity contribution < 1.29 is 0 Å². The van der Waals surface area contributed by atoms with Crippen molar-refractivity contribution in [2.24, 2.45) is 0 Å². The summed E-state index contributed by atoms with van der Waals surface area (Å²) in [5.41, 5.74) is 9.80. The van der Waals surface area contributed by atoms with E-state index in [0.29, 0.717) is 0 Å². The van der Waals surface area contributed by atoms with Gasteiger partial charge in [-0.1, -0.05) is 127 Å². The molecule has 230 valence electrons. The van der Waals surface area contributed by atoms with E-state index in [-0.39, 0.29) is 0 Å². The Balaban J connectivity index is 1.07. The van der Waals surface area contributed by atoms with Crippen LogP contribution in [0, 0.1) is 0 Å². The van der Waals surface area contributed by atoms with Crippen LogP contribution in [0.1, 0.15) is 0 Å². The first kappa shape index (κ1) is 28.2. The standard InChI is InChI=1S/C44H27N3S2/c1-4-12-29(13-5-1)36-27-37(30-14-6-2-7-15-30)46-43(45-36)31-22-20-28(21-23-31)32-24-25-39-35(26-32)41-42(48-39)40-34-18-10-11-19-38(34)47(44(40)49-41)33-16-8-3-9-17-33/h1-27H. The molecule has 0 aliphatic rings. The number of fused-ring (bicyclic) bond motifs is 7. The summed E-state index contributed by atoms with van der Waals surface area (Å²) in [5.74, 6) is 0.720. The molecular weight excluding hydrogens is 635 g/mol. The van der Waals surface area contributed by atoms with Gasteiger partial charge in [0.25, 0.3) is 0 Å². The first-order chi connectivity index (χ1) is 24.3. The monoisotopic (exact) mass is 661 g/mol. The van der Waals surface area contributed by atoms with Gasteiger partial charge in [-0.25, -0.2) is 9.97 Å². The second kappa shape index (κ2) is 11.4. The Hall–Kier alpha value is -5.88. The smallest absolute Gasteiger partial charge is 0.160 e. The SMILES string of the molecule is c1ccc(-c2cc(-c3ccccc3)nc(-c3ccc(-c4ccc5sc6c(sc7c6c6ccccc6n7-c6ccccc6)c5c4)cc3)n2)cc1. The first-order valence-electron chi connectivity index (χ1n) is 16.3. The van der Waals surface area contributed by atoms with Crippen molar-refractivity contribution in [2.75, 3.05) is 0 Å². The largest absolute Gasteiger partial charge is 0.301 e. The van der Waals surface area contributed by atoms with Crippen molar-refractivity contribution in [3.05, 3.63) is 164 Å². The predicted molar refractivity (Wildman–Crippen MR) is 209 cm³/mol. The molecule has 4 aromatic heterocycles. The van der Waals surface area contributed by atoms with Crippen LogP contribution in [-0.4, -0.2) is 14.5 Å². The summed E-state index contributed by atoms with van der Waals surface area (Å²) in [5, 5.41) is 3.99. The summed E-state index contributed by atoms with van der Waals surface area (Å²) < 4.78 is 6.48.